The minimum absolute atomic E-state index is 0.171. The third-order valence-corrected chi connectivity index (χ3v) is 11.7. The lowest BCUT2D eigenvalue weighted by molar-refractivity contribution is -0.128. The molecule has 2 bridgehead atoms. The molecule has 4 fully saturated rings. The van der Waals surface area contributed by atoms with Crippen LogP contribution in [0.2, 0.25) is 0 Å². The highest BCUT2D eigenvalue weighted by atomic mass is 32.2. The van der Waals surface area contributed by atoms with Gasteiger partial charge in [0.05, 0.1) is 16.4 Å². The molecule has 1 amide bonds. The number of amides is 1. The van der Waals surface area contributed by atoms with Crippen LogP contribution in [0.4, 0.5) is 0 Å². The first-order valence-electron chi connectivity index (χ1n) is 11.6. The summed E-state index contributed by atoms with van der Waals surface area (Å²) < 4.78 is 6.20. The standard InChI is InChI=1S/C23H34N2O2S2/c26-22(17-14-18-6-4-7-19(15-17)23(18)28-12-13-29-23)24-16-20(21-8-5-11-27-21)25-9-2-1-3-10-25/h5,8,11,17-20H,1-4,6-7,9-10,12-16H2,(H,24,26). The van der Waals surface area contributed by atoms with Crippen LogP contribution in [0.5, 0.6) is 0 Å². The normalized spacial score (nSPS) is 32.9. The van der Waals surface area contributed by atoms with Crippen molar-refractivity contribution in [2.24, 2.45) is 17.8 Å². The van der Waals surface area contributed by atoms with Crippen LogP contribution in [0.15, 0.2) is 22.8 Å². The third kappa shape index (κ3) is 4.01. The van der Waals surface area contributed by atoms with E-state index in [9.17, 15) is 4.79 Å². The van der Waals surface area contributed by atoms with Crippen molar-refractivity contribution < 1.29 is 9.21 Å². The second-order valence-corrected chi connectivity index (χ2v) is 12.3. The number of rotatable bonds is 5. The largest absolute Gasteiger partial charge is 0.468 e. The number of thioether (sulfide) groups is 2. The molecule has 2 saturated heterocycles. The lowest BCUT2D eigenvalue weighted by Gasteiger charge is -2.52. The second-order valence-electron chi connectivity index (χ2n) is 9.28. The Morgan fingerprint density at radius 1 is 1.14 bits per heavy atom. The van der Waals surface area contributed by atoms with Gasteiger partial charge in [-0.3, -0.25) is 9.69 Å². The van der Waals surface area contributed by atoms with E-state index < -0.39 is 0 Å². The highest BCUT2D eigenvalue weighted by Gasteiger charge is 2.55. The number of nitrogens with zero attached hydrogens (tertiary/aromatic N) is 1. The predicted octanol–water partition coefficient (Wildman–Crippen LogP) is 4.93. The van der Waals surface area contributed by atoms with Gasteiger partial charge >= 0.3 is 0 Å². The molecule has 0 aromatic carbocycles. The quantitative estimate of drug-likeness (QED) is 0.712. The number of nitrogens with one attached hydrogen (secondary N) is 1. The molecule has 2 saturated carbocycles. The van der Waals surface area contributed by atoms with Gasteiger partial charge in [0.25, 0.3) is 0 Å². The first-order chi connectivity index (χ1) is 14.3. The Morgan fingerprint density at radius 2 is 1.86 bits per heavy atom. The van der Waals surface area contributed by atoms with Crippen LogP contribution in [0, 0.1) is 17.8 Å². The number of hydrogen-bond donors (Lipinski definition) is 1. The lowest BCUT2D eigenvalue weighted by atomic mass is 9.67. The summed E-state index contributed by atoms with van der Waals surface area (Å²) >= 11 is 4.44. The van der Waals surface area contributed by atoms with Crippen LogP contribution in [-0.4, -0.2) is 46.0 Å². The fourth-order valence-electron chi connectivity index (χ4n) is 6.29. The van der Waals surface area contributed by atoms with Gasteiger partial charge in [-0.05, 0) is 75.6 Å². The minimum Gasteiger partial charge on any atom is -0.468 e. The predicted molar refractivity (Wildman–Crippen MR) is 121 cm³/mol. The fourth-order valence-corrected chi connectivity index (χ4v) is 10.2. The Bertz CT molecular complexity index is 667. The van der Waals surface area contributed by atoms with Gasteiger partial charge in [-0.25, -0.2) is 0 Å². The summed E-state index contributed by atoms with van der Waals surface area (Å²) in [5, 5.41) is 3.35. The smallest absolute Gasteiger partial charge is 0.223 e. The molecule has 4 nitrogen and oxygen atoms in total. The summed E-state index contributed by atoms with van der Waals surface area (Å²) in [4.78, 5) is 15.7. The van der Waals surface area contributed by atoms with Gasteiger partial charge < -0.3 is 9.73 Å². The van der Waals surface area contributed by atoms with E-state index in [0.29, 0.717) is 16.5 Å². The Labute approximate surface area is 183 Å². The summed E-state index contributed by atoms with van der Waals surface area (Å²) in [7, 11) is 0. The molecule has 2 aliphatic heterocycles. The van der Waals surface area contributed by atoms with E-state index in [0.717, 1.165) is 43.5 Å². The zero-order valence-electron chi connectivity index (χ0n) is 17.3. The molecule has 1 aromatic rings. The van der Waals surface area contributed by atoms with Gasteiger partial charge in [-0.1, -0.05) is 12.8 Å². The average Bonchev–Trinajstić information content (AvgIpc) is 3.42. The topological polar surface area (TPSA) is 45.5 Å². The van der Waals surface area contributed by atoms with Gasteiger partial charge in [0.1, 0.15) is 5.76 Å². The lowest BCUT2D eigenvalue weighted by Crippen LogP contribution is -2.50. The van der Waals surface area contributed by atoms with Crippen LogP contribution < -0.4 is 5.32 Å². The second kappa shape index (κ2) is 8.88. The number of carbonyl (C=O) groups is 1. The van der Waals surface area contributed by atoms with Gasteiger partial charge in [0, 0.05) is 24.0 Å². The maximum absolute atomic E-state index is 13.2. The Kier molecular flexibility index (Phi) is 6.22. The molecule has 5 rings (SSSR count). The molecule has 6 heteroatoms. The molecule has 4 aliphatic rings. The van der Waals surface area contributed by atoms with E-state index >= 15 is 0 Å². The van der Waals surface area contributed by atoms with E-state index in [2.05, 4.69) is 39.8 Å². The van der Waals surface area contributed by atoms with Crippen molar-refractivity contribution in [3.05, 3.63) is 24.2 Å². The highest BCUT2D eigenvalue weighted by Crippen LogP contribution is 2.64. The SMILES string of the molecule is O=C(NCC(c1ccco1)N1CCCCC1)C1CC2CCCC(C1)C21SCCS1. The summed E-state index contributed by atoms with van der Waals surface area (Å²) in [6.07, 6.45) is 11.8. The number of hydrogen-bond acceptors (Lipinski definition) is 5. The van der Waals surface area contributed by atoms with Crippen molar-refractivity contribution in [2.75, 3.05) is 31.1 Å². The molecule has 3 heterocycles. The fraction of sp³-hybridized carbons (Fsp3) is 0.783. The molecule has 3 atom stereocenters. The third-order valence-electron chi connectivity index (χ3n) is 7.66. The van der Waals surface area contributed by atoms with Crippen molar-refractivity contribution in [3.8, 4) is 0 Å². The van der Waals surface area contributed by atoms with Crippen LogP contribution in [0.3, 0.4) is 0 Å². The van der Waals surface area contributed by atoms with Gasteiger partial charge in [-0.15, -0.1) is 23.5 Å². The summed E-state index contributed by atoms with van der Waals surface area (Å²) in [5.41, 5.74) is 0. The van der Waals surface area contributed by atoms with Gasteiger partial charge in [0.2, 0.25) is 5.91 Å². The monoisotopic (exact) mass is 434 g/mol. The Morgan fingerprint density at radius 3 is 2.52 bits per heavy atom. The van der Waals surface area contributed by atoms with Crippen molar-refractivity contribution in [3.63, 3.8) is 0 Å². The molecule has 3 unspecified atom stereocenters. The number of furan rings is 1. The number of likely N-dealkylation sites (tertiary alicyclic amines) is 1. The van der Waals surface area contributed by atoms with E-state index in [-0.39, 0.29) is 12.0 Å². The zero-order valence-corrected chi connectivity index (χ0v) is 18.9. The van der Waals surface area contributed by atoms with E-state index in [4.69, 9.17) is 4.42 Å². The maximum Gasteiger partial charge on any atom is 0.223 e. The molecule has 1 aromatic heterocycles. The van der Waals surface area contributed by atoms with E-state index in [1.54, 1.807) is 6.26 Å². The average molecular weight is 435 g/mol. The Balaban J connectivity index is 1.23. The van der Waals surface area contributed by atoms with Crippen LogP contribution in [0.1, 0.15) is 63.2 Å². The van der Waals surface area contributed by atoms with Crippen LogP contribution in [-0.2, 0) is 4.79 Å². The van der Waals surface area contributed by atoms with Crippen LogP contribution in [0.25, 0.3) is 0 Å². The first-order valence-corrected chi connectivity index (χ1v) is 13.6. The van der Waals surface area contributed by atoms with Crippen molar-refractivity contribution in [1.82, 2.24) is 10.2 Å². The number of piperidine rings is 1. The number of carbonyl (C=O) groups excluding carboxylic acids is 1. The zero-order chi connectivity index (χ0) is 19.7. The van der Waals surface area contributed by atoms with E-state index in [1.165, 1.54) is 50.0 Å². The van der Waals surface area contributed by atoms with Crippen molar-refractivity contribution in [2.45, 2.75) is 61.5 Å². The van der Waals surface area contributed by atoms with Crippen molar-refractivity contribution in [1.29, 1.82) is 0 Å². The van der Waals surface area contributed by atoms with Crippen molar-refractivity contribution >= 4 is 29.4 Å². The summed E-state index contributed by atoms with van der Waals surface area (Å²) in [5.74, 6) is 5.54. The van der Waals surface area contributed by atoms with Gasteiger partial charge in [0.15, 0.2) is 0 Å². The minimum atomic E-state index is 0.171. The van der Waals surface area contributed by atoms with Crippen LogP contribution >= 0.6 is 23.5 Å². The first kappa shape index (κ1) is 20.3. The summed E-state index contributed by atoms with van der Waals surface area (Å²) in [6.45, 7) is 2.88. The van der Waals surface area contributed by atoms with E-state index in [1.807, 2.05) is 6.07 Å². The van der Waals surface area contributed by atoms with Gasteiger partial charge in [-0.2, -0.15) is 0 Å². The molecular weight excluding hydrogens is 400 g/mol. The molecular formula is C23H34N2O2S2. The molecule has 0 radical (unpaired) electrons. The molecule has 1 spiro atoms. The summed E-state index contributed by atoms with van der Waals surface area (Å²) in [6, 6.07) is 4.20. The maximum atomic E-state index is 13.2. The molecule has 160 valence electrons. The molecule has 2 aliphatic carbocycles. The Hall–Kier alpha value is -0.590. The molecule has 29 heavy (non-hydrogen) atoms. The highest BCUT2D eigenvalue weighted by molar-refractivity contribution is 8.21. The molecule has 1 N–H and O–H groups in total.